The molecule has 0 saturated carbocycles. The van der Waals surface area contributed by atoms with Gasteiger partial charge in [0, 0.05) is 19.6 Å². The first-order valence-electron chi connectivity index (χ1n) is 6.28. The molecule has 2 heterocycles. The quantitative estimate of drug-likeness (QED) is 0.839. The van der Waals surface area contributed by atoms with Crippen LogP contribution in [0.15, 0.2) is 17.3 Å². The molecule has 0 spiro atoms. The number of hydrogen-bond acceptors (Lipinski definition) is 6. The molecule has 1 aliphatic heterocycles. The number of aromatic nitrogens is 2. The number of sulfonamides is 1. The number of nitrogens with zero attached hydrogens (tertiary/aromatic N) is 3. The van der Waals surface area contributed by atoms with Gasteiger partial charge in [0.05, 0.1) is 25.6 Å². The van der Waals surface area contributed by atoms with Gasteiger partial charge in [0.15, 0.2) is 0 Å². The standard InChI is InChI=1S/C11H18N4O3S/c1-2-3-12-11-13-8-10(9-14-11)19(16,17)15-4-6-18-7-5-15/h8-9H,2-7H2,1H3,(H,12,13,14). The molecule has 0 unspecified atom stereocenters. The predicted octanol–water partition coefficient (Wildman–Crippen LogP) is 0.319. The zero-order valence-corrected chi connectivity index (χ0v) is 11.7. The molecule has 0 atom stereocenters. The molecule has 1 aliphatic rings. The van der Waals surface area contributed by atoms with Crippen LogP contribution in [-0.2, 0) is 14.8 Å². The minimum absolute atomic E-state index is 0.122. The van der Waals surface area contributed by atoms with E-state index in [1.54, 1.807) is 0 Å². The second-order valence-electron chi connectivity index (χ2n) is 4.19. The fourth-order valence-corrected chi connectivity index (χ4v) is 3.01. The van der Waals surface area contributed by atoms with Gasteiger partial charge in [-0.05, 0) is 6.42 Å². The van der Waals surface area contributed by atoms with E-state index in [-0.39, 0.29) is 4.90 Å². The Morgan fingerprint density at radius 3 is 2.53 bits per heavy atom. The third kappa shape index (κ3) is 3.40. The highest BCUT2D eigenvalue weighted by atomic mass is 32.2. The Balaban J connectivity index is 2.11. The van der Waals surface area contributed by atoms with E-state index >= 15 is 0 Å². The molecule has 1 N–H and O–H groups in total. The van der Waals surface area contributed by atoms with E-state index in [1.807, 2.05) is 6.92 Å². The molecule has 0 radical (unpaired) electrons. The molecule has 1 saturated heterocycles. The third-order valence-electron chi connectivity index (χ3n) is 2.77. The molecule has 1 fully saturated rings. The van der Waals surface area contributed by atoms with Gasteiger partial charge in [0.25, 0.3) is 0 Å². The van der Waals surface area contributed by atoms with E-state index in [0.29, 0.717) is 32.3 Å². The second-order valence-corrected chi connectivity index (χ2v) is 6.12. The molecule has 1 aromatic heterocycles. The van der Waals surface area contributed by atoms with Crippen LogP contribution in [0.2, 0.25) is 0 Å². The average molecular weight is 286 g/mol. The average Bonchev–Trinajstić information content (AvgIpc) is 2.46. The summed E-state index contributed by atoms with van der Waals surface area (Å²) in [6.45, 7) is 4.39. The van der Waals surface area contributed by atoms with Crippen LogP contribution in [-0.4, -0.2) is 55.5 Å². The van der Waals surface area contributed by atoms with E-state index in [2.05, 4.69) is 15.3 Å². The smallest absolute Gasteiger partial charge is 0.246 e. The largest absolute Gasteiger partial charge is 0.379 e. The lowest BCUT2D eigenvalue weighted by molar-refractivity contribution is 0.0730. The molecular weight excluding hydrogens is 268 g/mol. The van der Waals surface area contributed by atoms with Gasteiger partial charge >= 0.3 is 0 Å². The molecule has 19 heavy (non-hydrogen) atoms. The van der Waals surface area contributed by atoms with Crippen molar-refractivity contribution in [3.8, 4) is 0 Å². The van der Waals surface area contributed by atoms with Crippen LogP contribution in [0.4, 0.5) is 5.95 Å². The van der Waals surface area contributed by atoms with Gasteiger partial charge < -0.3 is 10.1 Å². The molecule has 8 heteroatoms. The van der Waals surface area contributed by atoms with E-state index in [1.165, 1.54) is 16.7 Å². The summed E-state index contributed by atoms with van der Waals surface area (Å²) in [6, 6.07) is 0. The topological polar surface area (TPSA) is 84.4 Å². The summed E-state index contributed by atoms with van der Waals surface area (Å²) < 4.78 is 31.1. The SMILES string of the molecule is CCCNc1ncc(S(=O)(=O)N2CCOCC2)cn1. The van der Waals surface area contributed by atoms with Gasteiger partial charge in [-0.15, -0.1) is 0 Å². The van der Waals surface area contributed by atoms with Crippen molar-refractivity contribution < 1.29 is 13.2 Å². The van der Waals surface area contributed by atoms with Gasteiger partial charge in [0.1, 0.15) is 4.90 Å². The lowest BCUT2D eigenvalue weighted by Crippen LogP contribution is -2.40. The van der Waals surface area contributed by atoms with Crippen LogP contribution in [0.3, 0.4) is 0 Å². The van der Waals surface area contributed by atoms with Crippen LogP contribution in [0, 0.1) is 0 Å². The van der Waals surface area contributed by atoms with Gasteiger partial charge in [-0.2, -0.15) is 4.31 Å². The van der Waals surface area contributed by atoms with Crippen LogP contribution in [0.25, 0.3) is 0 Å². The Kier molecular flexibility index (Phi) is 4.67. The fourth-order valence-electron chi connectivity index (χ4n) is 1.71. The minimum atomic E-state index is -3.50. The van der Waals surface area contributed by atoms with Crippen LogP contribution in [0.5, 0.6) is 0 Å². The maximum absolute atomic E-state index is 12.3. The summed E-state index contributed by atoms with van der Waals surface area (Å²) in [5.41, 5.74) is 0. The van der Waals surface area contributed by atoms with Crippen molar-refractivity contribution in [3.63, 3.8) is 0 Å². The highest BCUT2D eigenvalue weighted by Gasteiger charge is 2.26. The number of hydrogen-bond donors (Lipinski definition) is 1. The molecular formula is C11H18N4O3S. The lowest BCUT2D eigenvalue weighted by Gasteiger charge is -2.25. The number of morpholine rings is 1. The Bertz CT molecular complexity index is 497. The first-order valence-corrected chi connectivity index (χ1v) is 7.72. The Hall–Kier alpha value is -1.25. The third-order valence-corrected chi connectivity index (χ3v) is 4.62. The minimum Gasteiger partial charge on any atom is -0.379 e. The molecule has 7 nitrogen and oxygen atoms in total. The number of nitrogens with one attached hydrogen (secondary N) is 1. The summed E-state index contributed by atoms with van der Waals surface area (Å²) in [4.78, 5) is 8.16. The van der Waals surface area contributed by atoms with Crippen LogP contribution in [0.1, 0.15) is 13.3 Å². The number of anilines is 1. The van der Waals surface area contributed by atoms with Gasteiger partial charge in [0.2, 0.25) is 16.0 Å². The molecule has 0 aliphatic carbocycles. The maximum Gasteiger partial charge on any atom is 0.246 e. The highest BCUT2D eigenvalue weighted by Crippen LogP contribution is 2.15. The van der Waals surface area contributed by atoms with Crippen LogP contribution < -0.4 is 5.32 Å². The van der Waals surface area contributed by atoms with E-state index < -0.39 is 10.0 Å². The molecule has 2 rings (SSSR count). The molecule has 0 amide bonds. The normalized spacial score (nSPS) is 17.3. The van der Waals surface area contributed by atoms with Gasteiger partial charge in [-0.1, -0.05) is 6.92 Å². The van der Waals surface area contributed by atoms with Crippen molar-refractivity contribution in [2.24, 2.45) is 0 Å². The number of rotatable bonds is 5. The summed E-state index contributed by atoms with van der Waals surface area (Å²) in [7, 11) is -3.50. The lowest BCUT2D eigenvalue weighted by atomic mass is 10.5. The zero-order valence-electron chi connectivity index (χ0n) is 10.9. The molecule has 106 valence electrons. The Labute approximate surface area is 113 Å². The molecule has 0 aromatic carbocycles. The van der Waals surface area contributed by atoms with Crippen molar-refractivity contribution in [1.29, 1.82) is 0 Å². The van der Waals surface area contributed by atoms with E-state index in [0.717, 1.165) is 13.0 Å². The van der Waals surface area contributed by atoms with Crippen LogP contribution >= 0.6 is 0 Å². The Morgan fingerprint density at radius 1 is 1.32 bits per heavy atom. The van der Waals surface area contributed by atoms with Crippen molar-refractivity contribution in [3.05, 3.63) is 12.4 Å². The first-order chi connectivity index (χ1) is 9.14. The fraction of sp³-hybridized carbons (Fsp3) is 0.636. The monoisotopic (exact) mass is 286 g/mol. The summed E-state index contributed by atoms with van der Waals surface area (Å²) in [6.07, 6.45) is 3.64. The predicted molar refractivity (Wildman–Crippen MR) is 70.4 cm³/mol. The van der Waals surface area contributed by atoms with E-state index in [9.17, 15) is 8.42 Å². The maximum atomic E-state index is 12.3. The van der Waals surface area contributed by atoms with Crippen molar-refractivity contribution in [2.45, 2.75) is 18.2 Å². The zero-order chi connectivity index (χ0) is 13.7. The van der Waals surface area contributed by atoms with Crippen molar-refractivity contribution >= 4 is 16.0 Å². The van der Waals surface area contributed by atoms with Crippen molar-refractivity contribution in [1.82, 2.24) is 14.3 Å². The summed E-state index contributed by atoms with van der Waals surface area (Å²) >= 11 is 0. The van der Waals surface area contributed by atoms with E-state index in [4.69, 9.17) is 4.74 Å². The summed E-state index contributed by atoms with van der Waals surface area (Å²) in [5, 5.41) is 3.00. The summed E-state index contributed by atoms with van der Waals surface area (Å²) in [5.74, 6) is 0.447. The number of ether oxygens (including phenoxy) is 1. The molecule has 1 aromatic rings. The highest BCUT2D eigenvalue weighted by molar-refractivity contribution is 7.89. The Morgan fingerprint density at radius 2 is 1.95 bits per heavy atom. The van der Waals surface area contributed by atoms with Gasteiger partial charge in [-0.3, -0.25) is 0 Å². The second kappa shape index (κ2) is 6.27. The first kappa shape index (κ1) is 14.2. The van der Waals surface area contributed by atoms with Gasteiger partial charge in [-0.25, -0.2) is 18.4 Å². The molecule has 0 bridgehead atoms. The van der Waals surface area contributed by atoms with Crippen molar-refractivity contribution in [2.75, 3.05) is 38.2 Å².